The Kier molecular flexibility index (Phi) is 6.59. The summed E-state index contributed by atoms with van der Waals surface area (Å²) in [4.78, 5) is 4.71. The molecule has 0 radical (unpaired) electrons. The topological polar surface area (TPSA) is 14.2 Å². The van der Waals surface area contributed by atoms with Gasteiger partial charge in [0.15, 0.2) is 0 Å². The van der Waals surface area contributed by atoms with Gasteiger partial charge in [0.1, 0.15) is 24.7 Å². The Morgan fingerprint density at radius 3 is 1.78 bits per heavy atom. The standard InChI is InChI=1S/C17H20N2.C16H18N2/c1-12-9-13(2)17(14(3)10-12)19-11-18-8-6-5-7-16(18)15(19)4;1-12-8-13(2)16(14(3)9-12)18-10-15-6-4-5-7-17(15)11-18/h5-11,15H,1-4H3;4-9,11H,10H2,1-3H3. The van der Waals surface area contributed by atoms with E-state index in [0.717, 1.165) is 6.54 Å². The lowest BCUT2D eigenvalue weighted by molar-refractivity contribution is -0.630. The second-order valence-electron chi connectivity index (χ2n) is 10.6. The van der Waals surface area contributed by atoms with E-state index < -0.39 is 0 Å². The Labute approximate surface area is 222 Å². The van der Waals surface area contributed by atoms with Crippen molar-refractivity contribution in [1.29, 1.82) is 0 Å². The molecule has 0 fully saturated rings. The van der Waals surface area contributed by atoms with Crippen molar-refractivity contribution in [3.8, 4) is 0 Å². The quantitative estimate of drug-likeness (QED) is 0.241. The summed E-state index contributed by atoms with van der Waals surface area (Å²) in [5.41, 5.74) is 13.4. The zero-order valence-electron chi connectivity index (χ0n) is 23.2. The number of rotatable bonds is 2. The molecule has 2 aliphatic heterocycles. The SMILES string of the molecule is Cc1cc(C)c(N2[CH-][n+]3ccccc3C2)c(C)c1.Cc1cc(C)c(N2[CH-][n+]3ccccc3C2C)c(C)c1. The maximum absolute atomic E-state index is 2.37. The van der Waals surface area contributed by atoms with Gasteiger partial charge in [0.05, 0.1) is 25.0 Å². The van der Waals surface area contributed by atoms with Crippen LogP contribution >= 0.6 is 0 Å². The van der Waals surface area contributed by atoms with Crippen LogP contribution in [0.25, 0.3) is 0 Å². The average Bonchev–Trinajstić information content (AvgIpc) is 3.40. The first-order chi connectivity index (χ1) is 17.7. The van der Waals surface area contributed by atoms with E-state index in [1.54, 1.807) is 0 Å². The third-order valence-electron chi connectivity index (χ3n) is 7.41. The van der Waals surface area contributed by atoms with Crippen LogP contribution in [-0.2, 0) is 6.54 Å². The first-order valence-corrected chi connectivity index (χ1v) is 13.1. The number of benzene rings is 2. The molecule has 6 rings (SSSR count). The fourth-order valence-corrected chi connectivity index (χ4v) is 6.00. The number of nitrogens with zero attached hydrogens (tertiary/aromatic N) is 4. The third-order valence-corrected chi connectivity index (χ3v) is 7.41. The van der Waals surface area contributed by atoms with E-state index in [1.165, 1.54) is 56.1 Å². The third kappa shape index (κ3) is 4.76. The molecule has 0 amide bonds. The van der Waals surface area contributed by atoms with Gasteiger partial charge in [-0.3, -0.25) is 0 Å². The van der Waals surface area contributed by atoms with Crippen molar-refractivity contribution in [2.75, 3.05) is 9.80 Å². The van der Waals surface area contributed by atoms with Crippen LogP contribution in [-0.4, -0.2) is 0 Å². The molecule has 0 spiro atoms. The molecule has 2 aliphatic rings. The van der Waals surface area contributed by atoms with Gasteiger partial charge in [0.25, 0.3) is 0 Å². The molecule has 4 aromatic rings. The van der Waals surface area contributed by atoms with E-state index >= 15 is 0 Å². The summed E-state index contributed by atoms with van der Waals surface area (Å²) in [5, 5.41) is 0. The van der Waals surface area contributed by atoms with Crippen LogP contribution in [0.5, 0.6) is 0 Å². The predicted molar refractivity (Wildman–Crippen MR) is 151 cm³/mol. The largest absolute Gasteiger partial charge is 0.348 e. The molecular weight excluding hydrogens is 452 g/mol. The van der Waals surface area contributed by atoms with Crippen molar-refractivity contribution in [1.82, 2.24) is 0 Å². The minimum Gasteiger partial charge on any atom is -0.348 e. The van der Waals surface area contributed by atoms with Gasteiger partial charge in [-0.05, 0) is 70.7 Å². The maximum atomic E-state index is 2.37. The second-order valence-corrected chi connectivity index (χ2v) is 10.6. The Morgan fingerprint density at radius 1 is 0.676 bits per heavy atom. The number of aryl methyl sites for hydroxylation is 6. The van der Waals surface area contributed by atoms with Crippen molar-refractivity contribution in [3.05, 3.63) is 131 Å². The zero-order valence-corrected chi connectivity index (χ0v) is 23.2. The molecule has 4 heterocycles. The number of hydrogen-bond donors (Lipinski definition) is 0. The lowest BCUT2D eigenvalue weighted by Gasteiger charge is -2.27. The lowest BCUT2D eigenvalue weighted by atomic mass is 10.0. The number of hydrogen-bond acceptors (Lipinski definition) is 2. The molecule has 1 atom stereocenters. The van der Waals surface area contributed by atoms with E-state index in [1.807, 2.05) is 0 Å². The van der Waals surface area contributed by atoms with Crippen LogP contribution in [0.4, 0.5) is 11.4 Å². The van der Waals surface area contributed by atoms with Gasteiger partial charge in [0, 0.05) is 11.4 Å². The summed E-state index contributed by atoms with van der Waals surface area (Å²) in [5.74, 6) is 0. The summed E-state index contributed by atoms with van der Waals surface area (Å²) in [6.45, 7) is 20.7. The van der Waals surface area contributed by atoms with Crippen molar-refractivity contribution in [2.24, 2.45) is 0 Å². The molecule has 2 aromatic carbocycles. The molecule has 2 aromatic heterocycles. The van der Waals surface area contributed by atoms with Gasteiger partial charge in [-0.2, -0.15) is 0 Å². The van der Waals surface area contributed by atoms with Crippen LogP contribution in [0.2, 0.25) is 0 Å². The highest BCUT2D eigenvalue weighted by molar-refractivity contribution is 5.63. The molecule has 0 aliphatic carbocycles. The van der Waals surface area contributed by atoms with Gasteiger partial charge in [-0.15, -0.1) is 0 Å². The average molecular weight is 491 g/mol. The van der Waals surface area contributed by atoms with Gasteiger partial charge < -0.3 is 18.9 Å². The van der Waals surface area contributed by atoms with E-state index in [2.05, 4.69) is 154 Å². The molecule has 190 valence electrons. The van der Waals surface area contributed by atoms with E-state index in [9.17, 15) is 0 Å². The van der Waals surface area contributed by atoms with E-state index in [-0.39, 0.29) is 0 Å². The number of anilines is 2. The van der Waals surface area contributed by atoms with Crippen LogP contribution in [0.1, 0.15) is 57.7 Å². The lowest BCUT2D eigenvalue weighted by Crippen LogP contribution is -2.33. The molecular formula is C33H38N4. The minimum atomic E-state index is 0.376. The predicted octanol–water partition coefficient (Wildman–Crippen LogP) is 6.33. The smallest absolute Gasteiger partial charge is 0.144 e. The van der Waals surface area contributed by atoms with Crippen molar-refractivity contribution in [3.63, 3.8) is 0 Å². The van der Waals surface area contributed by atoms with Crippen LogP contribution in [0.3, 0.4) is 0 Å². The molecule has 0 bridgehead atoms. The van der Waals surface area contributed by atoms with Crippen molar-refractivity contribution in [2.45, 2.75) is 61.1 Å². The highest BCUT2D eigenvalue weighted by Gasteiger charge is 2.29. The molecule has 0 N–H and O–H groups in total. The van der Waals surface area contributed by atoms with Gasteiger partial charge >= 0.3 is 0 Å². The van der Waals surface area contributed by atoms with Crippen LogP contribution < -0.4 is 18.9 Å². The zero-order chi connectivity index (χ0) is 26.3. The first-order valence-electron chi connectivity index (χ1n) is 13.1. The summed E-state index contributed by atoms with van der Waals surface area (Å²) in [6.07, 6.45) is 4.22. The van der Waals surface area contributed by atoms with Crippen LogP contribution in [0.15, 0.2) is 73.1 Å². The second kappa shape index (κ2) is 9.85. The maximum Gasteiger partial charge on any atom is 0.144 e. The minimum absolute atomic E-state index is 0.376. The van der Waals surface area contributed by atoms with Crippen LogP contribution in [0, 0.1) is 54.9 Å². The Morgan fingerprint density at radius 2 is 1.22 bits per heavy atom. The highest BCUT2D eigenvalue weighted by atomic mass is 15.3. The summed E-state index contributed by atoms with van der Waals surface area (Å²) in [6, 6.07) is 22.1. The number of pyridine rings is 2. The van der Waals surface area contributed by atoms with Crippen molar-refractivity contribution >= 4 is 11.4 Å². The van der Waals surface area contributed by atoms with Crippen molar-refractivity contribution < 1.29 is 9.13 Å². The fourth-order valence-electron chi connectivity index (χ4n) is 6.00. The summed E-state index contributed by atoms with van der Waals surface area (Å²) in [7, 11) is 0. The van der Waals surface area contributed by atoms with Gasteiger partial charge in [-0.1, -0.05) is 71.8 Å². The monoisotopic (exact) mass is 490 g/mol. The van der Waals surface area contributed by atoms with E-state index in [4.69, 9.17) is 0 Å². The summed E-state index contributed by atoms with van der Waals surface area (Å²) >= 11 is 0. The Balaban J connectivity index is 0.000000152. The molecule has 37 heavy (non-hydrogen) atoms. The molecule has 1 unspecified atom stereocenters. The number of fused-ring (bicyclic) bond motifs is 2. The fraction of sp³-hybridized carbons (Fsp3) is 0.273. The number of aromatic nitrogens is 2. The first kappa shape index (κ1) is 24.8. The highest BCUT2D eigenvalue weighted by Crippen LogP contribution is 2.35. The Hall–Kier alpha value is -3.92. The van der Waals surface area contributed by atoms with Gasteiger partial charge in [-0.25, -0.2) is 0 Å². The molecule has 4 heteroatoms. The molecule has 4 nitrogen and oxygen atoms in total. The van der Waals surface area contributed by atoms with Gasteiger partial charge in [0.2, 0.25) is 0 Å². The normalized spacial score (nSPS) is 15.4. The molecule has 0 saturated carbocycles. The Bertz CT molecular complexity index is 1380. The molecule has 0 saturated heterocycles. The summed E-state index contributed by atoms with van der Waals surface area (Å²) < 4.78 is 4.40. The van der Waals surface area contributed by atoms with E-state index in [0.29, 0.717) is 6.04 Å².